The van der Waals surface area contributed by atoms with E-state index in [2.05, 4.69) is 15.3 Å². The minimum absolute atomic E-state index is 0.454. The molecule has 3 N–H and O–H groups in total. The van der Waals surface area contributed by atoms with Gasteiger partial charge in [-0.3, -0.25) is 5.10 Å². The van der Waals surface area contributed by atoms with E-state index in [1.54, 1.807) is 17.9 Å². The molecule has 0 unspecified atom stereocenters. The molecule has 80 valence electrons. The third-order valence-corrected chi connectivity index (χ3v) is 2.23. The zero-order chi connectivity index (χ0) is 11.0. The number of aromatic amines is 1. The van der Waals surface area contributed by atoms with Crippen LogP contribution in [-0.2, 0) is 7.05 Å². The van der Waals surface area contributed by atoms with Gasteiger partial charge in [0.25, 0.3) is 0 Å². The topological polar surface area (TPSA) is 81.8 Å². The highest BCUT2D eigenvalue weighted by molar-refractivity contribution is 5.69. The Morgan fingerprint density at radius 1 is 1.53 bits per heavy atom. The van der Waals surface area contributed by atoms with Crippen molar-refractivity contribution in [3.63, 3.8) is 0 Å². The lowest BCUT2D eigenvalue weighted by Crippen LogP contribution is -1.95. The number of nitrogen functional groups attached to an aromatic ring is 1. The first-order chi connectivity index (χ1) is 7.13. The number of nitrogens with two attached hydrogens (primary N) is 1. The number of nitrogens with zero attached hydrogens (tertiary/aromatic N) is 3. The van der Waals surface area contributed by atoms with Crippen LogP contribution < -0.4 is 10.5 Å². The van der Waals surface area contributed by atoms with Gasteiger partial charge in [0.15, 0.2) is 0 Å². The molecule has 0 spiro atoms. The lowest BCUT2D eigenvalue weighted by Gasteiger charge is -2.01. The van der Waals surface area contributed by atoms with Gasteiger partial charge in [-0.25, -0.2) is 4.68 Å². The molecule has 0 aliphatic rings. The number of aryl methyl sites for hydroxylation is 2. The molecule has 0 fully saturated rings. The predicted octanol–water partition coefficient (Wildman–Crippen LogP) is 0.709. The Morgan fingerprint density at radius 2 is 2.27 bits per heavy atom. The maximum Gasteiger partial charge on any atom is 0.221 e. The highest BCUT2D eigenvalue weighted by Crippen LogP contribution is 2.31. The van der Waals surface area contributed by atoms with Gasteiger partial charge in [0, 0.05) is 13.1 Å². The number of anilines is 1. The first kappa shape index (κ1) is 9.57. The van der Waals surface area contributed by atoms with E-state index in [-0.39, 0.29) is 0 Å². The fourth-order valence-corrected chi connectivity index (χ4v) is 1.65. The summed E-state index contributed by atoms with van der Waals surface area (Å²) < 4.78 is 6.95. The van der Waals surface area contributed by atoms with Crippen molar-refractivity contribution in [2.24, 2.45) is 7.05 Å². The van der Waals surface area contributed by atoms with E-state index in [1.807, 2.05) is 14.0 Å². The van der Waals surface area contributed by atoms with Gasteiger partial charge in [-0.1, -0.05) is 0 Å². The maximum absolute atomic E-state index is 5.55. The quantitative estimate of drug-likeness (QED) is 0.759. The van der Waals surface area contributed by atoms with Crippen LogP contribution in [0.2, 0.25) is 0 Å². The SMILES string of the molecule is COc1c(-c2cc(N)n[nH]2)c(C)nn1C. The van der Waals surface area contributed by atoms with Crippen molar-refractivity contribution < 1.29 is 4.74 Å². The standard InChI is InChI=1S/C9H13N5O/c1-5-8(6-4-7(10)12-11-6)9(15-3)14(2)13-5/h4H,1-3H3,(H3,10,11,12). The lowest BCUT2D eigenvalue weighted by molar-refractivity contribution is 0.374. The van der Waals surface area contributed by atoms with Gasteiger partial charge in [-0.15, -0.1) is 0 Å². The fraction of sp³-hybridized carbons (Fsp3) is 0.333. The van der Waals surface area contributed by atoms with Crippen LogP contribution >= 0.6 is 0 Å². The third kappa shape index (κ3) is 1.43. The lowest BCUT2D eigenvalue weighted by atomic mass is 10.2. The van der Waals surface area contributed by atoms with Crippen LogP contribution in [-0.4, -0.2) is 27.1 Å². The van der Waals surface area contributed by atoms with E-state index in [9.17, 15) is 0 Å². The van der Waals surface area contributed by atoms with Gasteiger partial charge < -0.3 is 10.5 Å². The Bertz CT molecular complexity index is 485. The Hall–Kier alpha value is -1.98. The Labute approximate surface area is 87.0 Å². The van der Waals surface area contributed by atoms with Crippen molar-refractivity contribution in [1.82, 2.24) is 20.0 Å². The smallest absolute Gasteiger partial charge is 0.221 e. The molecule has 6 nitrogen and oxygen atoms in total. The van der Waals surface area contributed by atoms with Crippen molar-refractivity contribution in [3.8, 4) is 17.1 Å². The number of aromatic nitrogens is 4. The molecule has 2 aromatic heterocycles. The second-order valence-electron chi connectivity index (χ2n) is 3.30. The molecule has 2 aromatic rings. The van der Waals surface area contributed by atoms with Gasteiger partial charge in [0.05, 0.1) is 24.1 Å². The number of ether oxygens (including phenoxy) is 1. The Balaban J connectivity index is 2.61. The summed E-state index contributed by atoms with van der Waals surface area (Å²) in [6, 6.07) is 1.76. The number of hydrogen-bond donors (Lipinski definition) is 2. The van der Waals surface area contributed by atoms with Crippen LogP contribution in [0, 0.1) is 6.92 Å². The highest BCUT2D eigenvalue weighted by atomic mass is 16.5. The van der Waals surface area contributed by atoms with E-state index in [1.165, 1.54) is 0 Å². The molecule has 0 aromatic carbocycles. The largest absolute Gasteiger partial charge is 0.481 e. The van der Waals surface area contributed by atoms with E-state index >= 15 is 0 Å². The van der Waals surface area contributed by atoms with Crippen molar-refractivity contribution in [1.29, 1.82) is 0 Å². The monoisotopic (exact) mass is 207 g/mol. The highest BCUT2D eigenvalue weighted by Gasteiger charge is 2.17. The molecule has 0 amide bonds. The summed E-state index contributed by atoms with van der Waals surface area (Å²) in [5, 5.41) is 11.0. The molecule has 15 heavy (non-hydrogen) atoms. The minimum Gasteiger partial charge on any atom is -0.481 e. The summed E-state index contributed by atoms with van der Waals surface area (Å²) in [5.74, 6) is 1.14. The van der Waals surface area contributed by atoms with Crippen LogP contribution in [0.25, 0.3) is 11.3 Å². The number of methoxy groups -OCH3 is 1. The zero-order valence-electron chi connectivity index (χ0n) is 8.90. The molecule has 2 rings (SSSR count). The number of rotatable bonds is 2. The second-order valence-corrected chi connectivity index (χ2v) is 3.30. The van der Waals surface area contributed by atoms with Crippen LogP contribution in [0.4, 0.5) is 5.82 Å². The zero-order valence-corrected chi connectivity index (χ0v) is 8.90. The second kappa shape index (κ2) is 3.30. The van der Waals surface area contributed by atoms with E-state index in [0.717, 1.165) is 17.0 Å². The van der Waals surface area contributed by atoms with Crippen molar-refractivity contribution in [2.45, 2.75) is 6.92 Å². The maximum atomic E-state index is 5.55. The summed E-state index contributed by atoms with van der Waals surface area (Å²) >= 11 is 0. The Morgan fingerprint density at radius 3 is 2.80 bits per heavy atom. The number of hydrogen-bond acceptors (Lipinski definition) is 4. The van der Waals surface area contributed by atoms with Crippen molar-refractivity contribution >= 4 is 5.82 Å². The summed E-state index contributed by atoms with van der Waals surface area (Å²) in [6.07, 6.45) is 0. The fourth-order valence-electron chi connectivity index (χ4n) is 1.65. The van der Waals surface area contributed by atoms with Gasteiger partial charge in [-0.2, -0.15) is 10.2 Å². The molecule has 0 bridgehead atoms. The first-order valence-electron chi connectivity index (χ1n) is 4.52. The van der Waals surface area contributed by atoms with Gasteiger partial charge in [0.1, 0.15) is 5.82 Å². The van der Waals surface area contributed by atoms with Crippen LogP contribution in [0.15, 0.2) is 6.07 Å². The molecular weight excluding hydrogens is 194 g/mol. The molecule has 0 saturated carbocycles. The van der Waals surface area contributed by atoms with Crippen LogP contribution in [0.5, 0.6) is 5.88 Å². The molecular formula is C9H13N5O. The summed E-state index contributed by atoms with van der Waals surface area (Å²) in [6.45, 7) is 1.91. The molecule has 0 saturated heterocycles. The van der Waals surface area contributed by atoms with E-state index < -0.39 is 0 Å². The molecule has 0 radical (unpaired) electrons. The summed E-state index contributed by atoms with van der Waals surface area (Å²) in [7, 11) is 3.44. The van der Waals surface area contributed by atoms with Crippen molar-refractivity contribution in [3.05, 3.63) is 11.8 Å². The molecule has 0 aliphatic carbocycles. The van der Waals surface area contributed by atoms with Gasteiger partial charge in [-0.05, 0) is 6.92 Å². The number of H-pyrrole nitrogens is 1. The number of nitrogens with one attached hydrogen (secondary N) is 1. The molecule has 6 heteroatoms. The molecule has 0 aliphatic heterocycles. The van der Waals surface area contributed by atoms with E-state index in [4.69, 9.17) is 10.5 Å². The molecule has 0 atom stereocenters. The van der Waals surface area contributed by atoms with Crippen molar-refractivity contribution in [2.75, 3.05) is 12.8 Å². The Kier molecular flexibility index (Phi) is 2.11. The van der Waals surface area contributed by atoms with E-state index in [0.29, 0.717) is 11.7 Å². The summed E-state index contributed by atoms with van der Waals surface area (Å²) in [4.78, 5) is 0. The summed E-state index contributed by atoms with van der Waals surface area (Å²) in [5.41, 5.74) is 8.13. The predicted molar refractivity (Wildman–Crippen MR) is 56.5 cm³/mol. The van der Waals surface area contributed by atoms with Gasteiger partial charge in [0.2, 0.25) is 5.88 Å². The third-order valence-electron chi connectivity index (χ3n) is 2.23. The average Bonchev–Trinajstić information content (AvgIpc) is 2.70. The first-order valence-corrected chi connectivity index (χ1v) is 4.52. The molecule has 2 heterocycles. The van der Waals surface area contributed by atoms with Crippen LogP contribution in [0.3, 0.4) is 0 Å². The average molecular weight is 207 g/mol. The minimum atomic E-state index is 0.454. The van der Waals surface area contributed by atoms with Gasteiger partial charge >= 0.3 is 0 Å². The van der Waals surface area contributed by atoms with Crippen LogP contribution in [0.1, 0.15) is 5.69 Å². The normalized spacial score (nSPS) is 10.6.